The van der Waals surface area contributed by atoms with Gasteiger partial charge in [0.25, 0.3) is 5.91 Å². The van der Waals surface area contributed by atoms with Crippen LogP contribution in [0.15, 0.2) is 69.9 Å². The van der Waals surface area contributed by atoms with Gasteiger partial charge in [0.2, 0.25) is 0 Å². The van der Waals surface area contributed by atoms with Crippen molar-refractivity contribution in [3.05, 3.63) is 82.2 Å². The van der Waals surface area contributed by atoms with Crippen molar-refractivity contribution >= 4 is 22.6 Å². The van der Waals surface area contributed by atoms with Crippen LogP contribution in [0.5, 0.6) is 17.2 Å². The number of anilines is 1. The normalized spacial score (nSPS) is 11.0. The quantitative estimate of drug-likeness (QED) is 0.224. The summed E-state index contributed by atoms with van der Waals surface area (Å²) < 4.78 is 22.3. The van der Waals surface area contributed by atoms with Gasteiger partial charge in [0.1, 0.15) is 28.5 Å². The van der Waals surface area contributed by atoms with E-state index in [1.54, 1.807) is 38.5 Å². The van der Waals surface area contributed by atoms with Crippen LogP contribution >= 0.6 is 0 Å². The maximum Gasteiger partial charge on any atom is 0.360 e. The molecule has 0 unspecified atom stereocenters. The maximum absolute atomic E-state index is 13.1. The molecule has 0 saturated carbocycles. The summed E-state index contributed by atoms with van der Waals surface area (Å²) in [5, 5.41) is 3.38. The van der Waals surface area contributed by atoms with Crippen LogP contribution in [-0.4, -0.2) is 52.3 Å². The number of hydrogen-bond donors (Lipinski definition) is 1. The zero-order valence-electron chi connectivity index (χ0n) is 22.3. The van der Waals surface area contributed by atoms with Crippen LogP contribution < -0.4 is 25.2 Å². The van der Waals surface area contributed by atoms with Crippen molar-refractivity contribution in [3.8, 4) is 28.4 Å². The van der Waals surface area contributed by atoms with Crippen LogP contribution in [0.1, 0.15) is 22.3 Å². The van der Waals surface area contributed by atoms with Gasteiger partial charge in [0.15, 0.2) is 0 Å². The van der Waals surface area contributed by atoms with Gasteiger partial charge in [-0.05, 0) is 81.5 Å². The van der Waals surface area contributed by atoms with E-state index in [-0.39, 0.29) is 5.69 Å². The first-order valence-corrected chi connectivity index (χ1v) is 12.3. The molecule has 4 aromatic rings. The fraction of sp³-hybridized carbons (Fsp3) is 0.267. The van der Waals surface area contributed by atoms with E-state index in [1.807, 2.05) is 57.4 Å². The molecule has 0 aliphatic rings. The molecule has 38 heavy (non-hydrogen) atoms. The van der Waals surface area contributed by atoms with Gasteiger partial charge in [-0.15, -0.1) is 0 Å². The van der Waals surface area contributed by atoms with Crippen LogP contribution in [0.25, 0.3) is 22.1 Å². The van der Waals surface area contributed by atoms with Crippen molar-refractivity contribution in [1.29, 1.82) is 0 Å². The lowest BCUT2D eigenvalue weighted by molar-refractivity contribution is 0.102. The second kappa shape index (κ2) is 11.8. The Morgan fingerprint density at radius 1 is 0.974 bits per heavy atom. The number of ether oxygens (including phenoxy) is 3. The topological polar surface area (TPSA) is 90.2 Å². The van der Waals surface area contributed by atoms with Crippen LogP contribution in [0.3, 0.4) is 0 Å². The number of benzene rings is 3. The molecular formula is C30H32N2O6. The molecule has 0 aliphatic heterocycles. The Balaban J connectivity index is 1.58. The maximum atomic E-state index is 13.1. The van der Waals surface area contributed by atoms with E-state index in [4.69, 9.17) is 18.6 Å². The van der Waals surface area contributed by atoms with Crippen molar-refractivity contribution in [2.24, 2.45) is 0 Å². The van der Waals surface area contributed by atoms with Crippen LogP contribution in [0.4, 0.5) is 5.69 Å². The van der Waals surface area contributed by atoms with Gasteiger partial charge in [-0.3, -0.25) is 4.79 Å². The van der Waals surface area contributed by atoms with Crippen molar-refractivity contribution in [2.45, 2.75) is 13.3 Å². The summed E-state index contributed by atoms with van der Waals surface area (Å²) in [6.45, 7) is 3.32. The summed E-state index contributed by atoms with van der Waals surface area (Å²) in [6.07, 6.45) is 0.879. The summed E-state index contributed by atoms with van der Waals surface area (Å²) in [4.78, 5) is 28.0. The predicted molar refractivity (Wildman–Crippen MR) is 149 cm³/mol. The zero-order chi connectivity index (χ0) is 27.2. The molecule has 0 fully saturated rings. The molecule has 1 N–H and O–H groups in total. The number of carbonyl (C=O) groups excluding carboxylic acids is 1. The Kier molecular flexibility index (Phi) is 8.33. The number of methoxy groups -OCH3 is 2. The molecule has 0 atom stereocenters. The minimum absolute atomic E-state index is 0.0558. The Labute approximate surface area is 221 Å². The number of rotatable bonds is 10. The summed E-state index contributed by atoms with van der Waals surface area (Å²) >= 11 is 0. The molecule has 0 aliphatic carbocycles. The predicted octanol–water partition coefficient (Wildman–Crippen LogP) is 5.37. The van der Waals surface area contributed by atoms with E-state index in [0.29, 0.717) is 40.4 Å². The average Bonchev–Trinajstić information content (AvgIpc) is 2.92. The van der Waals surface area contributed by atoms with Crippen molar-refractivity contribution < 1.29 is 23.4 Å². The van der Waals surface area contributed by atoms with Crippen molar-refractivity contribution in [3.63, 3.8) is 0 Å². The number of nitrogens with one attached hydrogen (secondary N) is 1. The molecule has 0 spiro atoms. The second-order valence-electron chi connectivity index (χ2n) is 9.16. The molecule has 8 heteroatoms. The minimum Gasteiger partial charge on any atom is -0.497 e. The summed E-state index contributed by atoms with van der Waals surface area (Å²) in [6, 6.07) is 17.8. The van der Waals surface area contributed by atoms with Gasteiger partial charge in [-0.25, -0.2) is 4.79 Å². The molecule has 4 rings (SSSR count). The number of carbonyl (C=O) groups is 1. The zero-order valence-corrected chi connectivity index (χ0v) is 22.3. The second-order valence-corrected chi connectivity index (χ2v) is 9.16. The fourth-order valence-corrected chi connectivity index (χ4v) is 4.17. The van der Waals surface area contributed by atoms with E-state index in [1.165, 1.54) is 0 Å². The lowest BCUT2D eigenvalue weighted by Gasteiger charge is -2.13. The Bertz CT molecular complexity index is 1510. The molecule has 1 aromatic heterocycles. The van der Waals surface area contributed by atoms with E-state index in [2.05, 4.69) is 10.2 Å². The molecule has 1 heterocycles. The number of amides is 1. The number of fused-ring (bicyclic) bond motifs is 1. The molecule has 1 amide bonds. The van der Waals surface area contributed by atoms with Crippen LogP contribution in [0, 0.1) is 6.92 Å². The highest BCUT2D eigenvalue weighted by molar-refractivity contribution is 6.05. The van der Waals surface area contributed by atoms with Crippen LogP contribution in [0.2, 0.25) is 0 Å². The Hall–Kier alpha value is -4.30. The first-order valence-electron chi connectivity index (χ1n) is 12.3. The van der Waals surface area contributed by atoms with Gasteiger partial charge in [-0.2, -0.15) is 0 Å². The first kappa shape index (κ1) is 26.8. The highest BCUT2D eigenvalue weighted by Gasteiger charge is 2.16. The van der Waals surface area contributed by atoms with E-state index in [9.17, 15) is 9.59 Å². The fourth-order valence-electron chi connectivity index (χ4n) is 4.17. The summed E-state index contributed by atoms with van der Waals surface area (Å²) in [5.74, 6) is 1.52. The highest BCUT2D eigenvalue weighted by Crippen LogP contribution is 2.33. The first-order chi connectivity index (χ1) is 18.3. The molecule has 198 valence electrons. The van der Waals surface area contributed by atoms with Gasteiger partial charge in [-0.1, -0.05) is 12.1 Å². The monoisotopic (exact) mass is 516 g/mol. The third-order valence-electron chi connectivity index (χ3n) is 6.20. The Morgan fingerprint density at radius 3 is 2.50 bits per heavy atom. The number of nitrogens with zero attached hydrogens (tertiary/aromatic N) is 1. The third-order valence-corrected chi connectivity index (χ3v) is 6.20. The smallest absolute Gasteiger partial charge is 0.360 e. The van der Waals surface area contributed by atoms with Crippen molar-refractivity contribution in [2.75, 3.05) is 46.8 Å². The Morgan fingerprint density at radius 2 is 1.76 bits per heavy atom. The molecule has 0 bridgehead atoms. The van der Waals surface area contributed by atoms with E-state index >= 15 is 0 Å². The number of hydrogen-bond acceptors (Lipinski definition) is 7. The standard InChI is InChI=1S/C30H32N2O6/c1-19-26(37-15-7-14-32(2)3)12-10-21-18-25(30(34)38-28(19)21)31-29(33)22-11-13-27(36-5)24(17-22)20-8-6-9-23(16-20)35-4/h6,8-13,16-18H,7,14-15H2,1-5H3,(H,31,33). The SMILES string of the molecule is COc1cccc(-c2cc(C(=O)Nc3cc4ccc(OCCCN(C)C)c(C)c4oc3=O)ccc2OC)c1. The van der Waals surface area contributed by atoms with E-state index in [0.717, 1.165) is 29.7 Å². The lowest BCUT2D eigenvalue weighted by atomic mass is 10.0. The van der Waals surface area contributed by atoms with Crippen molar-refractivity contribution in [1.82, 2.24) is 4.90 Å². The summed E-state index contributed by atoms with van der Waals surface area (Å²) in [5.41, 5.74) is 2.50. The molecule has 3 aromatic carbocycles. The van der Waals surface area contributed by atoms with Gasteiger partial charge >= 0.3 is 5.63 Å². The lowest BCUT2D eigenvalue weighted by Crippen LogP contribution is -2.18. The van der Waals surface area contributed by atoms with Gasteiger partial charge in [0, 0.05) is 28.6 Å². The minimum atomic E-state index is -0.639. The van der Waals surface area contributed by atoms with Gasteiger partial charge in [0.05, 0.1) is 20.8 Å². The summed E-state index contributed by atoms with van der Waals surface area (Å²) in [7, 11) is 7.19. The van der Waals surface area contributed by atoms with E-state index < -0.39 is 11.5 Å². The number of aryl methyl sites for hydroxylation is 1. The molecule has 0 saturated heterocycles. The van der Waals surface area contributed by atoms with Gasteiger partial charge < -0.3 is 28.8 Å². The molecule has 0 radical (unpaired) electrons. The largest absolute Gasteiger partial charge is 0.497 e. The molecule has 8 nitrogen and oxygen atoms in total. The highest BCUT2D eigenvalue weighted by atomic mass is 16.5. The molecular weight excluding hydrogens is 484 g/mol. The third kappa shape index (κ3) is 5.98. The average molecular weight is 517 g/mol. The van der Waals surface area contributed by atoms with Crippen LogP contribution in [-0.2, 0) is 0 Å².